The van der Waals surface area contributed by atoms with Crippen molar-refractivity contribution in [3.63, 3.8) is 0 Å². The second-order valence-electron chi connectivity index (χ2n) is 6.07. The first-order valence-electron chi connectivity index (χ1n) is 8.09. The molecule has 3 aromatic rings. The average molecular weight is 354 g/mol. The Bertz CT molecular complexity index is 837. The predicted molar refractivity (Wildman–Crippen MR) is 99.6 cm³/mol. The summed E-state index contributed by atoms with van der Waals surface area (Å²) in [6, 6.07) is 12.8. The van der Waals surface area contributed by atoms with Crippen molar-refractivity contribution < 1.29 is 4.79 Å². The topological polar surface area (TPSA) is 33.2 Å². The minimum absolute atomic E-state index is 0.110. The number of nitrogens with zero attached hydrogens (tertiary/aromatic N) is 2. The summed E-state index contributed by atoms with van der Waals surface area (Å²) in [4.78, 5) is 21.3. The minimum Gasteiger partial charge on any atom is -0.331 e. The molecule has 2 aromatic heterocycles. The van der Waals surface area contributed by atoms with Gasteiger partial charge < -0.3 is 4.90 Å². The van der Waals surface area contributed by atoms with E-state index in [0.29, 0.717) is 0 Å². The zero-order valence-corrected chi connectivity index (χ0v) is 15.1. The summed E-state index contributed by atoms with van der Waals surface area (Å²) in [5.41, 5.74) is 2.48. The van der Waals surface area contributed by atoms with Crippen LogP contribution in [0.2, 0.25) is 0 Å². The van der Waals surface area contributed by atoms with Crippen LogP contribution in [0.1, 0.15) is 39.7 Å². The third-order valence-corrected chi connectivity index (χ3v) is 6.45. The first-order valence-corrected chi connectivity index (χ1v) is 9.79. The van der Waals surface area contributed by atoms with Gasteiger partial charge >= 0.3 is 0 Å². The van der Waals surface area contributed by atoms with Crippen molar-refractivity contribution in [2.45, 2.75) is 25.8 Å². The van der Waals surface area contributed by atoms with Gasteiger partial charge in [-0.2, -0.15) is 0 Å². The van der Waals surface area contributed by atoms with Crippen LogP contribution in [0.15, 0.2) is 48.0 Å². The molecule has 1 amide bonds. The Morgan fingerprint density at radius 3 is 2.83 bits per heavy atom. The van der Waals surface area contributed by atoms with Crippen LogP contribution in [0.5, 0.6) is 0 Å². The van der Waals surface area contributed by atoms with Crippen molar-refractivity contribution in [1.29, 1.82) is 0 Å². The normalized spacial score (nSPS) is 17.4. The highest BCUT2D eigenvalue weighted by Gasteiger charge is 2.31. The zero-order valence-electron chi connectivity index (χ0n) is 13.4. The second kappa shape index (κ2) is 6.49. The number of carbonyl (C=O) groups is 1. The van der Waals surface area contributed by atoms with Crippen LogP contribution in [0, 0.1) is 6.92 Å². The summed E-state index contributed by atoms with van der Waals surface area (Å²) in [5.74, 6) is 0.110. The van der Waals surface area contributed by atoms with Crippen LogP contribution < -0.4 is 0 Å². The Balaban J connectivity index is 1.58. The van der Waals surface area contributed by atoms with Crippen LogP contribution >= 0.6 is 22.7 Å². The molecule has 1 aliphatic rings. The van der Waals surface area contributed by atoms with Gasteiger partial charge in [0.15, 0.2) is 0 Å². The molecule has 3 nitrogen and oxygen atoms in total. The monoisotopic (exact) mass is 354 g/mol. The number of hydrogen-bond donors (Lipinski definition) is 0. The molecule has 122 valence electrons. The molecule has 24 heavy (non-hydrogen) atoms. The van der Waals surface area contributed by atoms with E-state index in [2.05, 4.69) is 36.2 Å². The van der Waals surface area contributed by atoms with Gasteiger partial charge in [-0.05, 0) is 36.8 Å². The highest BCUT2D eigenvalue weighted by Crippen LogP contribution is 2.35. The lowest BCUT2D eigenvalue weighted by Gasteiger charge is -2.24. The molecule has 0 N–H and O–H groups in total. The van der Waals surface area contributed by atoms with E-state index in [1.54, 1.807) is 17.5 Å². The molecule has 0 aliphatic carbocycles. The molecular formula is C19H18N2OS2. The summed E-state index contributed by atoms with van der Waals surface area (Å²) in [6.45, 7) is 2.91. The molecule has 0 radical (unpaired) electrons. The molecule has 0 spiro atoms. The third kappa shape index (κ3) is 2.89. The van der Waals surface area contributed by atoms with E-state index < -0.39 is 0 Å². The lowest BCUT2D eigenvalue weighted by Crippen LogP contribution is -2.29. The Kier molecular flexibility index (Phi) is 4.21. The molecule has 1 atom stereocenters. The number of carbonyl (C=O) groups excluding carboxylic acids is 1. The Morgan fingerprint density at radius 1 is 1.25 bits per heavy atom. The number of benzene rings is 1. The van der Waals surface area contributed by atoms with Gasteiger partial charge in [-0.3, -0.25) is 4.79 Å². The minimum atomic E-state index is 0.110. The van der Waals surface area contributed by atoms with E-state index in [1.165, 1.54) is 22.5 Å². The lowest BCUT2D eigenvalue weighted by atomic mass is 10.0. The fraction of sp³-hybridized carbons (Fsp3) is 0.263. The third-order valence-electron chi connectivity index (χ3n) is 4.42. The fourth-order valence-corrected chi connectivity index (χ4v) is 4.85. The van der Waals surface area contributed by atoms with Crippen LogP contribution in [0.25, 0.3) is 9.88 Å². The number of aryl methyl sites for hydroxylation is 1. The number of likely N-dealkylation sites (tertiary alicyclic amines) is 1. The van der Waals surface area contributed by atoms with Gasteiger partial charge in [0, 0.05) is 6.54 Å². The van der Waals surface area contributed by atoms with Gasteiger partial charge in [0.25, 0.3) is 5.91 Å². The Morgan fingerprint density at radius 2 is 2.08 bits per heavy atom. The average Bonchev–Trinajstić information content (AvgIpc) is 3.34. The van der Waals surface area contributed by atoms with Crippen molar-refractivity contribution in [2.75, 3.05) is 6.54 Å². The molecule has 1 aliphatic heterocycles. The maximum absolute atomic E-state index is 13.0. The van der Waals surface area contributed by atoms with Gasteiger partial charge in [0.1, 0.15) is 9.88 Å². The summed E-state index contributed by atoms with van der Waals surface area (Å²) < 4.78 is 0. The van der Waals surface area contributed by atoms with E-state index in [-0.39, 0.29) is 11.9 Å². The van der Waals surface area contributed by atoms with Crippen LogP contribution in [-0.4, -0.2) is 22.3 Å². The SMILES string of the molecule is Cc1ccc(C2CCCN2C(=O)c2cnc(-c3cccs3)s2)cc1. The number of thiazole rings is 1. The lowest BCUT2D eigenvalue weighted by molar-refractivity contribution is 0.0740. The summed E-state index contributed by atoms with van der Waals surface area (Å²) in [6.07, 6.45) is 3.82. The summed E-state index contributed by atoms with van der Waals surface area (Å²) in [7, 11) is 0. The fourth-order valence-electron chi connectivity index (χ4n) is 3.17. The highest BCUT2D eigenvalue weighted by atomic mass is 32.1. The molecule has 1 aromatic carbocycles. The maximum atomic E-state index is 13.0. The van der Waals surface area contributed by atoms with Crippen molar-refractivity contribution in [3.05, 3.63) is 64.0 Å². The number of hydrogen-bond acceptors (Lipinski definition) is 4. The van der Waals surface area contributed by atoms with Crippen molar-refractivity contribution >= 4 is 28.6 Å². The quantitative estimate of drug-likeness (QED) is 0.651. The smallest absolute Gasteiger partial charge is 0.266 e. The zero-order chi connectivity index (χ0) is 16.5. The molecule has 1 fully saturated rings. The largest absolute Gasteiger partial charge is 0.331 e. The molecule has 4 rings (SSSR count). The standard InChI is InChI=1S/C19H18N2OS2/c1-13-6-8-14(9-7-13)15-4-2-10-21(15)19(22)17-12-20-18(24-17)16-5-3-11-23-16/h3,5-9,11-12,15H,2,4,10H2,1H3. The Labute approximate surface area is 149 Å². The molecular weight excluding hydrogens is 336 g/mol. The van der Waals surface area contributed by atoms with E-state index in [1.807, 2.05) is 22.4 Å². The van der Waals surface area contributed by atoms with E-state index in [9.17, 15) is 4.79 Å². The van der Waals surface area contributed by atoms with Crippen molar-refractivity contribution in [1.82, 2.24) is 9.88 Å². The number of aromatic nitrogens is 1. The number of amides is 1. The molecule has 0 bridgehead atoms. The molecule has 5 heteroatoms. The first kappa shape index (κ1) is 15.5. The van der Waals surface area contributed by atoms with Crippen molar-refractivity contribution in [3.8, 4) is 9.88 Å². The molecule has 1 unspecified atom stereocenters. The second-order valence-corrected chi connectivity index (χ2v) is 8.05. The first-order chi connectivity index (χ1) is 11.7. The summed E-state index contributed by atoms with van der Waals surface area (Å²) >= 11 is 3.15. The number of rotatable bonds is 3. The predicted octanol–water partition coefficient (Wildman–Crippen LogP) is 5.16. The van der Waals surface area contributed by atoms with Gasteiger partial charge in [-0.1, -0.05) is 35.9 Å². The van der Waals surface area contributed by atoms with Crippen molar-refractivity contribution in [2.24, 2.45) is 0 Å². The maximum Gasteiger partial charge on any atom is 0.266 e. The molecule has 0 saturated carbocycles. The number of thiophene rings is 1. The van der Waals surface area contributed by atoms with Crippen LogP contribution in [-0.2, 0) is 0 Å². The van der Waals surface area contributed by atoms with E-state index in [0.717, 1.165) is 34.1 Å². The van der Waals surface area contributed by atoms with Gasteiger partial charge in [0.05, 0.1) is 17.1 Å². The summed E-state index contributed by atoms with van der Waals surface area (Å²) in [5, 5.41) is 2.96. The molecule has 3 heterocycles. The van der Waals surface area contributed by atoms with E-state index >= 15 is 0 Å². The van der Waals surface area contributed by atoms with Gasteiger partial charge in [0.2, 0.25) is 0 Å². The Hall–Kier alpha value is -1.98. The molecule has 1 saturated heterocycles. The van der Waals surface area contributed by atoms with Crippen LogP contribution in [0.4, 0.5) is 0 Å². The van der Waals surface area contributed by atoms with Crippen LogP contribution in [0.3, 0.4) is 0 Å². The van der Waals surface area contributed by atoms with Gasteiger partial charge in [-0.25, -0.2) is 4.98 Å². The van der Waals surface area contributed by atoms with E-state index in [4.69, 9.17) is 0 Å². The highest BCUT2D eigenvalue weighted by molar-refractivity contribution is 7.21. The van der Waals surface area contributed by atoms with Gasteiger partial charge in [-0.15, -0.1) is 22.7 Å².